The molecule has 0 unspecified atom stereocenters. The SMILES string of the molecule is C=C(C)/C(C(=O)O)=C(/C(=C)C)C(=O)O. The molecule has 0 saturated heterocycles. The van der Waals surface area contributed by atoms with Gasteiger partial charge in [-0.3, -0.25) is 0 Å². The van der Waals surface area contributed by atoms with Crippen LogP contribution in [-0.4, -0.2) is 22.2 Å². The molecule has 0 aromatic carbocycles. The van der Waals surface area contributed by atoms with E-state index in [-0.39, 0.29) is 22.3 Å². The first kappa shape index (κ1) is 12.2. The summed E-state index contributed by atoms with van der Waals surface area (Å²) in [6.45, 7) is 9.72. The van der Waals surface area contributed by atoms with Crippen LogP contribution in [-0.2, 0) is 9.59 Å². The van der Waals surface area contributed by atoms with Crippen molar-refractivity contribution in [3.8, 4) is 0 Å². The Hall–Kier alpha value is -1.84. The topological polar surface area (TPSA) is 74.6 Å². The summed E-state index contributed by atoms with van der Waals surface area (Å²) < 4.78 is 0. The van der Waals surface area contributed by atoms with Crippen molar-refractivity contribution in [1.29, 1.82) is 0 Å². The zero-order chi connectivity index (χ0) is 11.5. The van der Waals surface area contributed by atoms with Gasteiger partial charge in [-0.05, 0) is 25.0 Å². The number of hydrogen-bond acceptors (Lipinski definition) is 2. The monoisotopic (exact) mass is 196 g/mol. The van der Waals surface area contributed by atoms with Crippen molar-refractivity contribution in [2.45, 2.75) is 13.8 Å². The van der Waals surface area contributed by atoms with Gasteiger partial charge in [-0.15, -0.1) is 0 Å². The lowest BCUT2D eigenvalue weighted by Crippen LogP contribution is -2.12. The molecule has 4 heteroatoms. The molecule has 0 aromatic heterocycles. The molecule has 0 saturated carbocycles. The summed E-state index contributed by atoms with van der Waals surface area (Å²) in [5.41, 5.74) is -0.217. The second-order valence-corrected chi connectivity index (χ2v) is 2.92. The third kappa shape index (κ3) is 2.58. The molecule has 0 aromatic rings. The lowest BCUT2D eigenvalue weighted by Gasteiger charge is -2.07. The Bertz CT molecular complexity index is 281. The fourth-order valence-corrected chi connectivity index (χ4v) is 1.01. The van der Waals surface area contributed by atoms with Gasteiger partial charge in [0.25, 0.3) is 0 Å². The maximum absolute atomic E-state index is 10.8. The molecule has 0 radical (unpaired) electrons. The number of aliphatic carboxylic acids is 2. The molecule has 14 heavy (non-hydrogen) atoms. The molecule has 0 aliphatic carbocycles. The predicted molar refractivity (Wildman–Crippen MR) is 51.9 cm³/mol. The minimum atomic E-state index is -1.31. The Balaban J connectivity index is 5.76. The smallest absolute Gasteiger partial charge is 0.336 e. The Morgan fingerprint density at radius 1 is 0.857 bits per heavy atom. The summed E-state index contributed by atoms with van der Waals surface area (Å²) >= 11 is 0. The normalized spacial score (nSPS) is 11.6. The lowest BCUT2D eigenvalue weighted by atomic mass is 9.98. The van der Waals surface area contributed by atoms with Crippen LogP contribution >= 0.6 is 0 Å². The summed E-state index contributed by atoms with van der Waals surface area (Å²) in [6.07, 6.45) is 0. The number of rotatable bonds is 4. The summed E-state index contributed by atoms with van der Waals surface area (Å²) in [5.74, 6) is -2.61. The van der Waals surface area contributed by atoms with E-state index in [1.54, 1.807) is 0 Å². The second-order valence-electron chi connectivity index (χ2n) is 2.92. The van der Waals surface area contributed by atoms with Crippen LogP contribution < -0.4 is 0 Å². The van der Waals surface area contributed by atoms with Gasteiger partial charge < -0.3 is 10.2 Å². The van der Waals surface area contributed by atoms with Gasteiger partial charge in [0.1, 0.15) is 0 Å². The van der Waals surface area contributed by atoms with E-state index in [4.69, 9.17) is 10.2 Å². The van der Waals surface area contributed by atoms with Gasteiger partial charge >= 0.3 is 11.9 Å². The number of carboxylic acid groups (broad SMARTS) is 2. The first-order chi connectivity index (χ1) is 6.29. The summed E-state index contributed by atoms with van der Waals surface area (Å²) in [4.78, 5) is 21.5. The molecule has 76 valence electrons. The van der Waals surface area contributed by atoms with Crippen LogP contribution in [0.25, 0.3) is 0 Å². The Labute approximate surface area is 81.9 Å². The van der Waals surface area contributed by atoms with Crippen molar-refractivity contribution in [3.63, 3.8) is 0 Å². The molecule has 0 spiro atoms. The Morgan fingerprint density at radius 3 is 1.14 bits per heavy atom. The number of hydrogen-bond donors (Lipinski definition) is 2. The average Bonchev–Trinajstić information content (AvgIpc) is 1.96. The molecule has 0 amide bonds. The molecule has 0 aliphatic rings. The highest BCUT2D eigenvalue weighted by Crippen LogP contribution is 2.19. The third-order valence-corrected chi connectivity index (χ3v) is 1.53. The molecule has 0 atom stereocenters. The Morgan fingerprint density at radius 2 is 1.07 bits per heavy atom. The maximum Gasteiger partial charge on any atom is 0.336 e. The van der Waals surface area contributed by atoms with E-state index in [0.717, 1.165) is 0 Å². The van der Waals surface area contributed by atoms with Crippen LogP contribution in [0.1, 0.15) is 13.8 Å². The van der Waals surface area contributed by atoms with Crippen molar-refractivity contribution >= 4 is 11.9 Å². The van der Waals surface area contributed by atoms with E-state index in [9.17, 15) is 9.59 Å². The molecule has 4 nitrogen and oxygen atoms in total. The third-order valence-electron chi connectivity index (χ3n) is 1.53. The van der Waals surface area contributed by atoms with E-state index < -0.39 is 11.9 Å². The van der Waals surface area contributed by atoms with Crippen LogP contribution in [0.4, 0.5) is 0 Å². The van der Waals surface area contributed by atoms with E-state index in [1.165, 1.54) is 13.8 Å². The van der Waals surface area contributed by atoms with Gasteiger partial charge in [0.15, 0.2) is 0 Å². The van der Waals surface area contributed by atoms with Crippen molar-refractivity contribution in [3.05, 3.63) is 35.5 Å². The van der Waals surface area contributed by atoms with Gasteiger partial charge in [-0.25, -0.2) is 9.59 Å². The van der Waals surface area contributed by atoms with Gasteiger partial charge in [0.2, 0.25) is 0 Å². The second kappa shape index (κ2) is 4.41. The first-order valence-corrected chi connectivity index (χ1v) is 3.81. The first-order valence-electron chi connectivity index (χ1n) is 3.81. The molecule has 2 N–H and O–H groups in total. The quantitative estimate of drug-likeness (QED) is 0.529. The molecular formula is C10H12O4. The molecule has 0 rings (SSSR count). The van der Waals surface area contributed by atoms with Crippen LogP contribution in [0.3, 0.4) is 0 Å². The molecule has 0 aliphatic heterocycles. The van der Waals surface area contributed by atoms with E-state index in [2.05, 4.69) is 13.2 Å². The zero-order valence-electron chi connectivity index (χ0n) is 8.13. The minimum Gasteiger partial charge on any atom is -0.478 e. The summed E-state index contributed by atoms with van der Waals surface area (Å²) in [5, 5.41) is 17.6. The van der Waals surface area contributed by atoms with E-state index in [0.29, 0.717) is 0 Å². The molecule has 0 bridgehead atoms. The van der Waals surface area contributed by atoms with Crippen LogP contribution in [0, 0.1) is 0 Å². The summed E-state index contributed by atoms with van der Waals surface area (Å²) in [7, 11) is 0. The van der Waals surface area contributed by atoms with E-state index in [1.807, 2.05) is 0 Å². The number of carboxylic acids is 2. The predicted octanol–water partition coefficient (Wildman–Crippen LogP) is 1.60. The highest BCUT2D eigenvalue weighted by molar-refractivity contribution is 6.04. The Kier molecular flexibility index (Phi) is 3.83. The van der Waals surface area contributed by atoms with Crippen molar-refractivity contribution in [1.82, 2.24) is 0 Å². The van der Waals surface area contributed by atoms with Gasteiger partial charge in [0, 0.05) is 0 Å². The maximum atomic E-state index is 10.8. The molecule has 0 heterocycles. The van der Waals surface area contributed by atoms with Crippen molar-refractivity contribution in [2.24, 2.45) is 0 Å². The van der Waals surface area contributed by atoms with E-state index >= 15 is 0 Å². The largest absolute Gasteiger partial charge is 0.478 e. The van der Waals surface area contributed by atoms with Crippen molar-refractivity contribution in [2.75, 3.05) is 0 Å². The van der Waals surface area contributed by atoms with Crippen LogP contribution in [0.15, 0.2) is 35.5 Å². The van der Waals surface area contributed by atoms with Gasteiger partial charge in [0.05, 0.1) is 11.1 Å². The lowest BCUT2D eigenvalue weighted by molar-refractivity contribution is -0.135. The van der Waals surface area contributed by atoms with Gasteiger partial charge in [-0.2, -0.15) is 0 Å². The minimum absolute atomic E-state index is 0.193. The van der Waals surface area contributed by atoms with Crippen LogP contribution in [0.5, 0.6) is 0 Å². The fraction of sp³-hybridized carbons (Fsp3) is 0.200. The highest BCUT2D eigenvalue weighted by Gasteiger charge is 2.20. The van der Waals surface area contributed by atoms with Crippen molar-refractivity contribution < 1.29 is 19.8 Å². The highest BCUT2D eigenvalue weighted by atomic mass is 16.4. The standard InChI is InChI=1S/C10H12O4/c1-5(2)7(9(11)12)8(6(3)4)10(13)14/h1,3H2,2,4H3,(H,11,12)(H,13,14)/b8-7+. The molecule has 0 fully saturated rings. The average molecular weight is 196 g/mol. The fourth-order valence-electron chi connectivity index (χ4n) is 1.01. The summed E-state index contributed by atoms with van der Waals surface area (Å²) in [6, 6.07) is 0. The molecular weight excluding hydrogens is 184 g/mol. The number of carbonyl (C=O) groups is 2. The van der Waals surface area contributed by atoms with Gasteiger partial charge in [-0.1, -0.05) is 13.2 Å². The van der Waals surface area contributed by atoms with Crippen LogP contribution in [0.2, 0.25) is 0 Å². The zero-order valence-corrected chi connectivity index (χ0v) is 8.13.